The lowest BCUT2D eigenvalue weighted by Gasteiger charge is -1.97. The van der Waals surface area contributed by atoms with Crippen LogP contribution in [0.4, 0.5) is 0 Å². The normalized spacial score (nSPS) is 21.5. The molecule has 2 atom stereocenters. The molecule has 1 aliphatic carbocycles. The molecule has 0 N–H and O–H groups in total. The van der Waals surface area contributed by atoms with E-state index in [0.717, 1.165) is 12.0 Å². The molecular formula is C18H16O. The van der Waals surface area contributed by atoms with Crippen LogP contribution in [0, 0.1) is 5.92 Å². The summed E-state index contributed by atoms with van der Waals surface area (Å²) in [5, 5.41) is 0. The van der Waals surface area contributed by atoms with E-state index in [2.05, 4.69) is 12.1 Å². The minimum atomic E-state index is 0.183. The molecule has 2 aromatic rings. The van der Waals surface area contributed by atoms with Gasteiger partial charge in [0.25, 0.3) is 0 Å². The van der Waals surface area contributed by atoms with Crippen molar-refractivity contribution in [3.05, 3.63) is 77.9 Å². The zero-order chi connectivity index (χ0) is 13.1. The van der Waals surface area contributed by atoms with Gasteiger partial charge in [-0.2, -0.15) is 0 Å². The molecule has 0 bridgehead atoms. The monoisotopic (exact) mass is 248 g/mol. The van der Waals surface area contributed by atoms with Crippen LogP contribution in [0.3, 0.4) is 0 Å². The topological polar surface area (TPSA) is 17.1 Å². The molecule has 0 aromatic heterocycles. The summed E-state index contributed by atoms with van der Waals surface area (Å²) < 4.78 is 0. The van der Waals surface area contributed by atoms with Crippen molar-refractivity contribution in [3.63, 3.8) is 0 Å². The van der Waals surface area contributed by atoms with Crippen LogP contribution in [0.5, 0.6) is 0 Å². The summed E-state index contributed by atoms with van der Waals surface area (Å²) in [7, 11) is 0. The molecule has 0 radical (unpaired) electrons. The molecule has 0 heterocycles. The van der Waals surface area contributed by atoms with Crippen molar-refractivity contribution in [1.29, 1.82) is 0 Å². The standard InChI is InChI=1S/C18H16O/c19-18(12-11-14-7-3-1-4-8-14)17-13-16(17)15-9-5-2-6-10-15/h1-12,16-17H,13H2/b12-11+. The minimum Gasteiger partial charge on any atom is -0.295 e. The summed E-state index contributed by atoms with van der Waals surface area (Å²) in [5.74, 6) is 0.856. The van der Waals surface area contributed by atoms with Gasteiger partial charge in [0.15, 0.2) is 5.78 Å². The first-order valence-electron chi connectivity index (χ1n) is 6.66. The fourth-order valence-electron chi connectivity index (χ4n) is 2.44. The number of carbonyl (C=O) groups is 1. The highest BCUT2D eigenvalue weighted by Gasteiger charge is 2.42. The number of benzene rings is 2. The molecular weight excluding hydrogens is 232 g/mol. The molecule has 0 saturated heterocycles. The van der Waals surface area contributed by atoms with E-state index >= 15 is 0 Å². The predicted molar refractivity (Wildman–Crippen MR) is 77.8 cm³/mol. The Morgan fingerprint density at radius 2 is 1.58 bits per heavy atom. The average molecular weight is 248 g/mol. The maximum absolute atomic E-state index is 12.1. The highest BCUT2D eigenvalue weighted by Crippen LogP contribution is 2.48. The van der Waals surface area contributed by atoms with E-state index < -0.39 is 0 Å². The van der Waals surface area contributed by atoms with Crippen molar-refractivity contribution in [2.24, 2.45) is 5.92 Å². The van der Waals surface area contributed by atoms with Gasteiger partial charge >= 0.3 is 0 Å². The Morgan fingerprint density at radius 1 is 0.947 bits per heavy atom. The molecule has 1 fully saturated rings. The highest BCUT2D eigenvalue weighted by molar-refractivity contribution is 5.97. The van der Waals surface area contributed by atoms with Gasteiger partial charge in [0.1, 0.15) is 0 Å². The second kappa shape index (κ2) is 5.23. The van der Waals surface area contributed by atoms with Gasteiger partial charge in [-0.15, -0.1) is 0 Å². The van der Waals surface area contributed by atoms with E-state index in [-0.39, 0.29) is 11.7 Å². The average Bonchev–Trinajstić information content (AvgIpc) is 3.27. The van der Waals surface area contributed by atoms with Gasteiger partial charge in [-0.25, -0.2) is 0 Å². The van der Waals surface area contributed by atoms with Gasteiger partial charge in [-0.1, -0.05) is 66.7 Å². The second-order valence-corrected chi connectivity index (χ2v) is 5.01. The first-order chi connectivity index (χ1) is 9.34. The molecule has 0 spiro atoms. The van der Waals surface area contributed by atoms with E-state index in [9.17, 15) is 4.79 Å². The van der Waals surface area contributed by atoms with E-state index in [1.807, 2.05) is 54.6 Å². The molecule has 3 rings (SSSR count). The van der Waals surface area contributed by atoms with E-state index in [1.54, 1.807) is 6.08 Å². The number of carbonyl (C=O) groups excluding carboxylic acids is 1. The summed E-state index contributed by atoms with van der Waals surface area (Å²) in [5.41, 5.74) is 2.36. The van der Waals surface area contributed by atoms with Gasteiger partial charge in [-0.05, 0) is 29.5 Å². The zero-order valence-electron chi connectivity index (χ0n) is 10.7. The Hall–Kier alpha value is -2.15. The lowest BCUT2D eigenvalue weighted by Crippen LogP contribution is -1.97. The van der Waals surface area contributed by atoms with Crippen LogP contribution in [0.15, 0.2) is 66.7 Å². The van der Waals surface area contributed by atoms with Gasteiger partial charge in [0, 0.05) is 5.92 Å². The summed E-state index contributed by atoms with van der Waals surface area (Å²) >= 11 is 0. The largest absolute Gasteiger partial charge is 0.295 e. The van der Waals surface area contributed by atoms with Crippen LogP contribution >= 0.6 is 0 Å². The van der Waals surface area contributed by atoms with Crippen molar-refractivity contribution in [3.8, 4) is 0 Å². The molecule has 1 heteroatoms. The summed E-state index contributed by atoms with van der Waals surface area (Å²) in [6.45, 7) is 0. The first kappa shape index (κ1) is 11.9. The Balaban J connectivity index is 1.63. The van der Waals surface area contributed by atoms with E-state index in [1.165, 1.54) is 5.56 Å². The van der Waals surface area contributed by atoms with Crippen LogP contribution in [0.1, 0.15) is 23.5 Å². The van der Waals surface area contributed by atoms with Crippen molar-refractivity contribution < 1.29 is 4.79 Å². The molecule has 1 aliphatic rings. The predicted octanol–water partition coefficient (Wildman–Crippen LogP) is 4.07. The fraction of sp³-hybridized carbons (Fsp3) is 0.167. The molecule has 0 amide bonds. The number of rotatable bonds is 4. The lowest BCUT2D eigenvalue weighted by molar-refractivity contribution is -0.115. The van der Waals surface area contributed by atoms with Crippen molar-refractivity contribution in [1.82, 2.24) is 0 Å². The van der Waals surface area contributed by atoms with Crippen LogP contribution in [-0.2, 0) is 4.79 Å². The van der Waals surface area contributed by atoms with Crippen LogP contribution in [0.25, 0.3) is 6.08 Å². The molecule has 94 valence electrons. The van der Waals surface area contributed by atoms with Crippen LogP contribution in [-0.4, -0.2) is 5.78 Å². The maximum Gasteiger partial charge on any atom is 0.159 e. The number of hydrogen-bond donors (Lipinski definition) is 0. The summed E-state index contributed by atoms with van der Waals surface area (Å²) in [6.07, 6.45) is 4.62. The smallest absolute Gasteiger partial charge is 0.159 e. The number of allylic oxidation sites excluding steroid dienone is 1. The fourth-order valence-corrected chi connectivity index (χ4v) is 2.44. The molecule has 0 aliphatic heterocycles. The molecule has 2 aromatic carbocycles. The third-order valence-corrected chi connectivity index (χ3v) is 3.62. The highest BCUT2D eigenvalue weighted by atomic mass is 16.1. The van der Waals surface area contributed by atoms with E-state index in [4.69, 9.17) is 0 Å². The third-order valence-electron chi connectivity index (χ3n) is 3.62. The van der Waals surface area contributed by atoms with Crippen molar-refractivity contribution >= 4 is 11.9 Å². The minimum absolute atomic E-state index is 0.183. The summed E-state index contributed by atoms with van der Waals surface area (Å²) in [6, 6.07) is 20.3. The third kappa shape index (κ3) is 2.82. The van der Waals surface area contributed by atoms with Gasteiger partial charge < -0.3 is 0 Å². The van der Waals surface area contributed by atoms with Crippen LogP contribution < -0.4 is 0 Å². The molecule has 1 saturated carbocycles. The first-order valence-corrected chi connectivity index (χ1v) is 6.66. The maximum atomic E-state index is 12.1. The Bertz CT molecular complexity index is 584. The second-order valence-electron chi connectivity index (χ2n) is 5.01. The number of hydrogen-bond acceptors (Lipinski definition) is 1. The SMILES string of the molecule is O=C(/C=C/c1ccccc1)C1CC1c1ccccc1. The quantitative estimate of drug-likeness (QED) is 0.745. The van der Waals surface area contributed by atoms with Gasteiger partial charge in [0.2, 0.25) is 0 Å². The van der Waals surface area contributed by atoms with Gasteiger partial charge in [0.05, 0.1) is 0 Å². The van der Waals surface area contributed by atoms with Gasteiger partial charge in [-0.3, -0.25) is 4.79 Å². The van der Waals surface area contributed by atoms with E-state index in [0.29, 0.717) is 5.92 Å². The molecule has 2 unspecified atom stereocenters. The Labute approximate surface area is 113 Å². The molecule has 19 heavy (non-hydrogen) atoms. The van der Waals surface area contributed by atoms with Crippen molar-refractivity contribution in [2.75, 3.05) is 0 Å². The Morgan fingerprint density at radius 3 is 2.26 bits per heavy atom. The zero-order valence-corrected chi connectivity index (χ0v) is 10.7. The van der Waals surface area contributed by atoms with Crippen LogP contribution in [0.2, 0.25) is 0 Å². The summed E-state index contributed by atoms with van der Waals surface area (Å²) in [4.78, 5) is 12.1. The Kier molecular flexibility index (Phi) is 3.28. The number of ketones is 1. The molecule has 1 nitrogen and oxygen atoms in total. The van der Waals surface area contributed by atoms with Crippen molar-refractivity contribution in [2.45, 2.75) is 12.3 Å². The lowest BCUT2D eigenvalue weighted by atomic mass is 10.1.